The Labute approximate surface area is 155 Å². The maximum Gasteiger partial charge on any atom is 0.228 e. The van der Waals surface area contributed by atoms with Crippen molar-refractivity contribution < 1.29 is 18.0 Å². The van der Waals surface area contributed by atoms with Gasteiger partial charge in [-0.3, -0.25) is 9.59 Å². The zero-order valence-electron chi connectivity index (χ0n) is 15.3. The summed E-state index contributed by atoms with van der Waals surface area (Å²) in [6.45, 7) is 4.74. The van der Waals surface area contributed by atoms with E-state index in [4.69, 9.17) is 0 Å². The number of carbonyl (C=O) groups is 2. The molecular weight excluding hydrogens is 352 g/mol. The summed E-state index contributed by atoms with van der Waals surface area (Å²) in [4.78, 5) is 28.9. The highest BCUT2D eigenvalue weighted by atomic mass is 32.2. The normalized spacial score (nSPS) is 24.8. The lowest BCUT2D eigenvalue weighted by atomic mass is 10.1. The Kier molecular flexibility index (Phi) is 5.37. The second-order valence-electron chi connectivity index (χ2n) is 7.07. The first-order chi connectivity index (χ1) is 12.4. The monoisotopic (exact) mass is 378 g/mol. The Hall–Kier alpha value is -1.89. The number of rotatable bonds is 5. The zero-order chi connectivity index (χ0) is 18.9. The number of carbonyl (C=O) groups excluding carboxylic acids is 2. The molecule has 1 aromatic rings. The third kappa shape index (κ3) is 3.63. The van der Waals surface area contributed by atoms with Gasteiger partial charge in [0.05, 0.1) is 17.4 Å². The molecule has 7 heteroatoms. The number of anilines is 1. The van der Waals surface area contributed by atoms with Gasteiger partial charge in [0, 0.05) is 31.2 Å². The number of para-hydroxylation sites is 1. The summed E-state index contributed by atoms with van der Waals surface area (Å²) >= 11 is 0. The van der Waals surface area contributed by atoms with Crippen molar-refractivity contribution in [1.82, 2.24) is 4.90 Å². The predicted octanol–water partition coefficient (Wildman–Crippen LogP) is 1.64. The molecule has 2 heterocycles. The lowest BCUT2D eigenvalue weighted by Crippen LogP contribution is -2.44. The molecule has 2 saturated heterocycles. The molecule has 0 radical (unpaired) electrons. The van der Waals surface area contributed by atoms with Gasteiger partial charge in [0.25, 0.3) is 0 Å². The molecule has 0 spiro atoms. The van der Waals surface area contributed by atoms with E-state index in [9.17, 15) is 18.0 Å². The van der Waals surface area contributed by atoms with E-state index in [-0.39, 0.29) is 35.8 Å². The fourth-order valence-corrected chi connectivity index (χ4v) is 5.76. The molecule has 2 fully saturated rings. The van der Waals surface area contributed by atoms with Crippen molar-refractivity contribution in [3.63, 3.8) is 0 Å². The smallest absolute Gasteiger partial charge is 0.228 e. The lowest BCUT2D eigenvalue weighted by molar-refractivity contribution is -0.137. The highest BCUT2D eigenvalue weighted by molar-refractivity contribution is 7.91. The molecule has 2 aliphatic heterocycles. The van der Waals surface area contributed by atoms with Gasteiger partial charge in [-0.05, 0) is 31.4 Å². The zero-order valence-corrected chi connectivity index (χ0v) is 16.2. The molecule has 26 heavy (non-hydrogen) atoms. The molecule has 2 amide bonds. The minimum Gasteiger partial charge on any atom is -0.339 e. The second kappa shape index (κ2) is 7.39. The third-order valence-corrected chi connectivity index (χ3v) is 7.16. The number of nitrogens with zero attached hydrogens (tertiary/aromatic N) is 2. The van der Waals surface area contributed by atoms with Crippen LogP contribution in [0.4, 0.5) is 5.69 Å². The summed E-state index contributed by atoms with van der Waals surface area (Å²) in [5, 5.41) is 0. The molecule has 3 rings (SSSR count). The molecule has 0 aromatic heterocycles. The Morgan fingerprint density at radius 3 is 2.62 bits per heavy atom. The van der Waals surface area contributed by atoms with E-state index in [1.54, 1.807) is 9.80 Å². The summed E-state index contributed by atoms with van der Waals surface area (Å²) < 4.78 is 23.5. The fourth-order valence-electron chi connectivity index (χ4n) is 4.03. The number of aryl methyl sites for hydroxylation is 1. The summed E-state index contributed by atoms with van der Waals surface area (Å²) in [6, 6.07) is 7.51. The summed E-state index contributed by atoms with van der Waals surface area (Å²) in [7, 11) is -3.05. The van der Waals surface area contributed by atoms with Crippen molar-refractivity contribution >= 4 is 27.3 Å². The van der Waals surface area contributed by atoms with Crippen LogP contribution in [0.3, 0.4) is 0 Å². The molecule has 6 nitrogen and oxygen atoms in total. The van der Waals surface area contributed by atoms with Crippen molar-refractivity contribution in [3.8, 4) is 0 Å². The quantitative estimate of drug-likeness (QED) is 0.781. The van der Waals surface area contributed by atoms with Gasteiger partial charge in [0.15, 0.2) is 9.84 Å². The van der Waals surface area contributed by atoms with E-state index < -0.39 is 15.8 Å². The van der Waals surface area contributed by atoms with Crippen molar-refractivity contribution in [1.29, 1.82) is 0 Å². The first-order valence-corrected chi connectivity index (χ1v) is 11.1. The van der Waals surface area contributed by atoms with Crippen LogP contribution in [0, 0.1) is 5.92 Å². The number of hydrogen-bond donors (Lipinski definition) is 0. The summed E-state index contributed by atoms with van der Waals surface area (Å²) in [5.41, 5.74) is 1.96. The SMILES string of the molecule is CCc1ccccc1N1CC(C(=O)N(CC)C2CCS(=O)(=O)C2)CC1=O. The lowest BCUT2D eigenvalue weighted by Gasteiger charge is -2.29. The Morgan fingerprint density at radius 2 is 2.00 bits per heavy atom. The van der Waals surface area contributed by atoms with Crippen molar-refractivity contribution in [3.05, 3.63) is 29.8 Å². The molecule has 0 N–H and O–H groups in total. The van der Waals surface area contributed by atoms with E-state index in [1.807, 2.05) is 38.1 Å². The maximum atomic E-state index is 13.0. The first-order valence-electron chi connectivity index (χ1n) is 9.25. The van der Waals surface area contributed by atoms with Crippen LogP contribution in [0.1, 0.15) is 32.3 Å². The van der Waals surface area contributed by atoms with Crippen molar-refractivity contribution in [2.24, 2.45) is 5.92 Å². The molecule has 2 atom stereocenters. The topological polar surface area (TPSA) is 74.8 Å². The van der Waals surface area contributed by atoms with E-state index in [1.165, 1.54) is 0 Å². The van der Waals surface area contributed by atoms with Crippen LogP contribution in [0.15, 0.2) is 24.3 Å². The minimum absolute atomic E-state index is 0.0373. The number of hydrogen-bond acceptors (Lipinski definition) is 4. The number of benzene rings is 1. The van der Waals surface area contributed by atoms with Gasteiger partial charge < -0.3 is 9.80 Å². The maximum absolute atomic E-state index is 13.0. The van der Waals surface area contributed by atoms with Gasteiger partial charge in [0.2, 0.25) is 11.8 Å². The molecule has 2 unspecified atom stereocenters. The van der Waals surface area contributed by atoms with Gasteiger partial charge in [-0.15, -0.1) is 0 Å². The highest BCUT2D eigenvalue weighted by Crippen LogP contribution is 2.30. The molecule has 0 saturated carbocycles. The summed E-state index contributed by atoms with van der Waals surface area (Å²) in [5.74, 6) is -0.370. The molecule has 142 valence electrons. The van der Waals surface area contributed by atoms with Crippen LogP contribution in [0.25, 0.3) is 0 Å². The highest BCUT2D eigenvalue weighted by Gasteiger charge is 2.41. The predicted molar refractivity (Wildman–Crippen MR) is 101 cm³/mol. The van der Waals surface area contributed by atoms with Crippen LogP contribution < -0.4 is 4.90 Å². The fraction of sp³-hybridized carbons (Fsp3) is 0.579. The van der Waals surface area contributed by atoms with Gasteiger partial charge in [-0.25, -0.2) is 8.42 Å². The Bertz CT molecular complexity index is 806. The van der Waals surface area contributed by atoms with E-state index in [0.717, 1.165) is 17.7 Å². The molecule has 0 bridgehead atoms. The molecule has 2 aliphatic rings. The Morgan fingerprint density at radius 1 is 1.27 bits per heavy atom. The largest absolute Gasteiger partial charge is 0.339 e. The third-order valence-electron chi connectivity index (χ3n) is 5.41. The van der Waals surface area contributed by atoms with Gasteiger partial charge in [0.1, 0.15) is 0 Å². The standard InChI is InChI=1S/C19H26N2O4S/c1-3-14-7-5-6-8-17(14)21-12-15(11-18(21)22)19(23)20(4-2)16-9-10-26(24,25)13-16/h5-8,15-16H,3-4,9-13H2,1-2H3. The van der Waals surface area contributed by atoms with Gasteiger partial charge >= 0.3 is 0 Å². The Balaban J connectivity index is 1.76. The average molecular weight is 378 g/mol. The van der Waals surface area contributed by atoms with E-state index >= 15 is 0 Å². The molecule has 1 aromatic carbocycles. The minimum atomic E-state index is -3.05. The van der Waals surface area contributed by atoms with Crippen LogP contribution in [0.5, 0.6) is 0 Å². The van der Waals surface area contributed by atoms with Crippen LogP contribution in [-0.2, 0) is 25.8 Å². The van der Waals surface area contributed by atoms with E-state index in [0.29, 0.717) is 19.5 Å². The average Bonchev–Trinajstić information content (AvgIpc) is 3.18. The molecular formula is C19H26N2O4S. The van der Waals surface area contributed by atoms with Gasteiger partial charge in [-0.2, -0.15) is 0 Å². The summed E-state index contributed by atoms with van der Waals surface area (Å²) in [6.07, 6.45) is 1.50. The van der Waals surface area contributed by atoms with Crippen molar-refractivity contribution in [2.45, 2.75) is 39.2 Å². The second-order valence-corrected chi connectivity index (χ2v) is 9.30. The van der Waals surface area contributed by atoms with E-state index in [2.05, 4.69) is 0 Å². The van der Waals surface area contributed by atoms with Crippen LogP contribution in [0.2, 0.25) is 0 Å². The molecule has 0 aliphatic carbocycles. The van der Waals surface area contributed by atoms with Crippen LogP contribution in [-0.4, -0.2) is 55.8 Å². The van der Waals surface area contributed by atoms with Gasteiger partial charge in [-0.1, -0.05) is 25.1 Å². The number of sulfone groups is 1. The van der Waals surface area contributed by atoms with Crippen LogP contribution >= 0.6 is 0 Å². The number of amides is 2. The first kappa shape index (κ1) is 18.9. The van der Waals surface area contributed by atoms with Crippen molar-refractivity contribution in [2.75, 3.05) is 29.5 Å².